The first-order chi connectivity index (χ1) is 7.65. The molecule has 16 heavy (non-hydrogen) atoms. The molecule has 0 spiro atoms. The number of nitrogens with two attached hydrogens (primary N) is 1. The number of benzene rings is 1. The van der Waals surface area contributed by atoms with E-state index in [-0.39, 0.29) is 6.61 Å². The summed E-state index contributed by atoms with van der Waals surface area (Å²) in [6.07, 6.45) is 0.935. The van der Waals surface area contributed by atoms with Crippen LogP contribution in [0.25, 0.3) is 0 Å². The Morgan fingerprint density at radius 1 is 1.56 bits per heavy atom. The van der Waals surface area contributed by atoms with Crippen molar-refractivity contribution in [2.24, 2.45) is 0 Å². The zero-order valence-corrected chi connectivity index (χ0v) is 9.19. The molecule has 4 nitrogen and oxygen atoms in total. The fourth-order valence-corrected chi connectivity index (χ4v) is 1.24. The molecule has 1 rings (SSSR count). The Morgan fingerprint density at radius 3 is 3.00 bits per heavy atom. The highest BCUT2D eigenvalue weighted by Crippen LogP contribution is 2.14. The third-order valence-electron chi connectivity index (χ3n) is 2.09. The van der Waals surface area contributed by atoms with Crippen LogP contribution in [0.4, 0.5) is 5.69 Å². The monoisotopic (exact) mass is 218 g/mol. The van der Waals surface area contributed by atoms with Crippen LogP contribution >= 0.6 is 0 Å². The number of aryl methyl sites for hydroxylation is 1. The normalized spacial score (nSPS) is 9.50. The predicted octanol–water partition coefficient (Wildman–Crippen LogP) is 2.04. The van der Waals surface area contributed by atoms with Gasteiger partial charge in [0.05, 0.1) is 18.2 Å². The van der Waals surface area contributed by atoms with Crippen LogP contribution in [0.2, 0.25) is 0 Å². The fraction of sp³-hybridized carbons (Fsp3) is 0.333. The van der Waals surface area contributed by atoms with Crippen molar-refractivity contribution in [3.63, 3.8) is 0 Å². The van der Waals surface area contributed by atoms with Crippen LogP contribution in [0.15, 0.2) is 18.2 Å². The molecule has 0 radical (unpaired) electrons. The molecule has 0 aliphatic carbocycles. The van der Waals surface area contributed by atoms with E-state index in [4.69, 9.17) is 15.7 Å². The molecule has 1 aromatic carbocycles. The molecule has 0 fully saturated rings. The Balaban J connectivity index is 2.59. The smallest absolute Gasteiger partial charge is 0.340 e. The van der Waals surface area contributed by atoms with E-state index in [9.17, 15) is 4.79 Å². The summed E-state index contributed by atoms with van der Waals surface area (Å²) in [6.45, 7) is 2.13. The molecule has 0 aliphatic rings. The highest BCUT2D eigenvalue weighted by atomic mass is 16.5. The van der Waals surface area contributed by atoms with E-state index in [2.05, 4.69) is 0 Å². The average molecular weight is 218 g/mol. The summed E-state index contributed by atoms with van der Waals surface area (Å²) in [5.41, 5.74) is 7.42. The molecule has 0 amide bonds. The van der Waals surface area contributed by atoms with E-state index in [1.807, 2.05) is 19.1 Å². The van der Waals surface area contributed by atoms with Crippen LogP contribution in [-0.2, 0) is 4.74 Å². The summed E-state index contributed by atoms with van der Waals surface area (Å²) >= 11 is 0. The third kappa shape index (κ3) is 3.28. The highest BCUT2D eigenvalue weighted by Gasteiger charge is 2.10. The van der Waals surface area contributed by atoms with Gasteiger partial charge >= 0.3 is 5.97 Å². The minimum atomic E-state index is -0.431. The van der Waals surface area contributed by atoms with Crippen molar-refractivity contribution in [1.29, 1.82) is 5.26 Å². The number of anilines is 1. The van der Waals surface area contributed by atoms with Gasteiger partial charge in [0, 0.05) is 12.1 Å². The molecule has 0 aromatic heterocycles. The van der Waals surface area contributed by atoms with Gasteiger partial charge in [0.25, 0.3) is 0 Å². The Hall–Kier alpha value is -2.02. The van der Waals surface area contributed by atoms with Gasteiger partial charge in [0.1, 0.15) is 0 Å². The second-order valence-electron chi connectivity index (χ2n) is 3.49. The van der Waals surface area contributed by atoms with E-state index < -0.39 is 5.97 Å². The van der Waals surface area contributed by atoms with Gasteiger partial charge in [-0.15, -0.1) is 0 Å². The Morgan fingerprint density at radius 2 is 2.31 bits per heavy atom. The van der Waals surface area contributed by atoms with Gasteiger partial charge in [-0.25, -0.2) is 4.79 Å². The molecular weight excluding hydrogens is 204 g/mol. The number of nitrogens with zero attached hydrogens (tertiary/aromatic N) is 1. The van der Waals surface area contributed by atoms with Crippen LogP contribution < -0.4 is 5.73 Å². The van der Waals surface area contributed by atoms with E-state index in [0.717, 1.165) is 5.56 Å². The molecule has 0 unspecified atom stereocenters. The maximum Gasteiger partial charge on any atom is 0.340 e. The molecule has 84 valence electrons. The number of esters is 1. The molecular formula is C12H14N2O2. The number of ether oxygens (including phenoxy) is 1. The van der Waals surface area contributed by atoms with Gasteiger partial charge in [0.2, 0.25) is 0 Å². The molecule has 0 bridgehead atoms. The van der Waals surface area contributed by atoms with Crippen molar-refractivity contribution in [2.75, 3.05) is 12.3 Å². The minimum Gasteiger partial charge on any atom is -0.462 e. The number of carbonyl (C=O) groups excluding carboxylic acids is 1. The zero-order chi connectivity index (χ0) is 12.0. The summed E-state index contributed by atoms with van der Waals surface area (Å²) in [5, 5.41) is 8.32. The minimum absolute atomic E-state index is 0.250. The molecule has 0 saturated heterocycles. The third-order valence-corrected chi connectivity index (χ3v) is 2.09. The van der Waals surface area contributed by atoms with Crippen LogP contribution in [-0.4, -0.2) is 12.6 Å². The fourth-order valence-electron chi connectivity index (χ4n) is 1.24. The van der Waals surface area contributed by atoms with Gasteiger partial charge in [-0.05, 0) is 25.5 Å². The summed E-state index contributed by atoms with van der Waals surface area (Å²) in [5.74, 6) is -0.431. The lowest BCUT2D eigenvalue weighted by Gasteiger charge is -2.06. The first-order valence-electron chi connectivity index (χ1n) is 5.05. The van der Waals surface area contributed by atoms with E-state index >= 15 is 0 Å². The van der Waals surface area contributed by atoms with Gasteiger partial charge < -0.3 is 10.5 Å². The quantitative estimate of drug-likeness (QED) is 0.476. The van der Waals surface area contributed by atoms with Crippen molar-refractivity contribution < 1.29 is 9.53 Å². The Bertz CT molecular complexity index is 422. The largest absolute Gasteiger partial charge is 0.462 e. The second-order valence-corrected chi connectivity index (χ2v) is 3.49. The molecule has 4 heteroatoms. The lowest BCUT2D eigenvalue weighted by atomic mass is 10.1. The Kier molecular flexibility index (Phi) is 4.34. The van der Waals surface area contributed by atoms with Gasteiger partial charge in [-0.3, -0.25) is 0 Å². The molecule has 0 aliphatic heterocycles. The number of hydrogen-bond acceptors (Lipinski definition) is 4. The van der Waals surface area contributed by atoms with Crippen LogP contribution in [0, 0.1) is 18.3 Å². The first-order valence-corrected chi connectivity index (χ1v) is 5.05. The van der Waals surface area contributed by atoms with E-state index in [0.29, 0.717) is 24.1 Å². The van der Waals surface area contributed by atoms with Crippen molar-refractivity contribution in [1.82, 2.24) is 0 Å². The van der Waals surface area contributed by atoms with Crippen molar-refractivity contribution >= 4 is 11.7 Å². The van der Waals surface area contributed by atoms with Crippen LogP contribution in [0.5, 0.6) is 0 Å². The number of nitriles is 1. The summed E-state index contributed by atoms with van der Waals surface area (Å²) in [7, 11) is 0. The predicted molar refractivity (Wildman–Crippen MR) is 60.7 cm³/mol. The maximum atomic E-state index is 11.6. The number of carbonyl (C=O) groups is 1. The topological polar surface area (TPSA) is 76.1 Å². The SMILES string of the molecule is Cc1ccc(N)c(C(=O)OCCCC#N)c1. The molecule has 0 atom stereocenters. The lowest BCUT2D eigenvalue weighted by molar-refractivity contribution is 0.0503. The average Bonchev–Trinajstić information content (AvgIpc) is 2.27. The van der Waals surface area contributed by atoms with Crippen molar-refractivity contribution in [3.05, 3.63) is 29.3 Å². The summed E-state index contributed by atoms with van der Waals surface area (Å²) < 4.78 is 5.00. The molecule has 1 aromatic rings. The lowest BCUT2D eigenvalue weighted by Crippen LogP contribution is -2.09. The van der Waals surface area contributed by atoms with Crippen LogP contribution in [0.1, 0.15) is 28.8 Å². The molecule has 0 saturated carbocycles. The molecule has 0 heterocycles. The zero-order valence-electron chi connectivity index (χ0n) is 9.19. The molecule has 2 N–H and O–H groups in total. The van der Waals surface area contributed by atoms with Gasteiger partial charge in [0.15, 0.2) is 0 Å². The number of unbranched alkanes of at least 4 members (excludes halogenated alkanes) is 1. The Labute approximate surface area is 94.6 Å². The van der Waals surface area contributed by atoms with E-state index in [1.54, 1.807) is 12.1 Å². The number of nitrogen functional groups attached to an aromatic ring is 1. The standard InChI is InChI=1S/C12H14N2O2/c1-9-4-5-11(14)10(8-9)12(15)16-7-3-2-6-13/h4-5,8H,2-3,7,14H2,1H3. The summed E-state index contributed by atoms with van der Waals surface area (Å²) in [6, 6.07) is 7.20. The number of rotatable bonds is 4. The van der Waals surface area contributed by atoms with E-state index in [1.165, 1.54) is 0 Å². The van der Waals surface area contributed by atoms with Crippen molar-refractivity contribution in [2.45, 2.75) is 19.8 Å². The first kappa shape index (κ1) is 12.1. The van der Waals surface area contributed by atoms with Crippen LogP contribution in [0.3, 0.4) is 0 Å². The number of hydrogen-bond donors (Lipinski definition) is 1. The van der Waals surface area contributed by atoms with Crippen molar-refractivity contribution in [3.8, 4) is 6.07 Å². The van der Waals surface area contributed by atoms with Gasteiger partial charge in [-0.2, -0.15) is 5.26 Å². The maximum absolute atomic E-state index is 11.6. The second kappa shape index (κ2) is 5.76. The summed E-state index contributed by atoms with van der Waals surface area (Å²) in [4.78, 5) is 11.6. The van der Waals surface area contributed by atoms with Gasteiger partial charge in [-0.1, -0.05) is 11.6 Å². The highest BCUT2D eigenvalue weighted by molar-refractivity contribution is 5.95.